The van der Waals surface area contributed by atoms with Crippen LogP contribution in [-0.4, -0.2) is 29.4 Å². The fraction of sp³-hybridized carbons (Fsp3) is 0.125. The van der Waals surface area contributed by atoms with Gasteiger partial charge in [-0.1, -0.05) is 24.3 Å². The van der Waals surface area contributed by atoms with Gasteiger partial charge in [-0.15, -0.1) is 0 Å². The molecule has 29 heavy (non-hydrogen) atoms. The van der Waals surface area contributed by atoms with Crippen molar-refractivity contribution < 1.29 is 17.5 Å². The van der Waals surface area contributed by atoms with Gasteiger partial charge in [0.25, 0.3) is 0 Å². The minimum Gasteiger partial charge on any atom is -0.759 e. The summed E-state index contributed by atoms with van der Waals surface area (Å²) in [5.41, 5.74) is 23.1. The van der Waals surface area contributed by atoms with Crippen molar-refractivity contribution in [3.63, 3.8) is 0 Å². The first-order valence-electron chi connectivity index (χ1n) is 7.63. The van der Waals surface area contributed by atoms with Crippen molar-refractivity contribution in [1.82, 2.24) is 0 Å². The van der Waals surface area contributed by atoms with Crippen LogP contribution < -0.4 is 22.9 Å². The van der Waals surface area contributed by atoms with Gasteiger partial charge in [-0.2, -0.15) is 0 Å². The van der Waals surface area contributed by atoms with E-state index in [1.54, 1.807) is 0 Å². The average molecular weight is 646 g/mol. The van der Waals surface area contributed by atoms with Crippen LogP contribution >= 0.6 is 45.2 Å². The summed E-state index contributed by atoms with van der Waals surface area (Å²) >= 11 is 4.50. The average Bonchev–Trinajstić information content (AvgIpc) is 2.57. The summed E-state index contributed by atoms with van der Waals surface area (Å²) in [7, 11) is -5.17. The lowest BCUT2D eigenvalue weighted by atomic mass is 10.2. The molecule has 0 aliphatic heterocycles. The van der Waals surface area contributed by atoms with E-state index in [1.165, 1.54) is 7.14 Å². The molecule has 0 radical (unpaired) electrons. The van der Waals surface area contributed by atoms with Crippen LogP contribution in [0.3, 0.4) is 0 Å². The normalized spacial score (nSPS) is 9.79. The van der Waals surface area contributed by atoms with E-state index in [-0.39, 0.29) is 11.9 Å². The zero-order chi connectivity index (χ0) is 22.4. The lowest BCUT2D eigenvalue weighted by molar-refractivity contribution is 0.352. The molecule has 0 heterocycles. The van der Waals surface area contributed by atoms with Gasteiger partial charge in [-0.3, -0.25) is 8.42 Å². The van der Waals surface area contributed by atoms with E-state index in [0.29, 0.717) is 13.1 Å². The lowest BCUT2D eigenvalue weighted by Gasteiger charge is -2.06. The Morgan fingerprint density at radius 2 is 1.10 bits per heavy atom. The van der Waals surface area contributed by atoms with Crippen molar-refractivity contribution in [2.24, 2.45) is 32.9 Å². The summed E-state index contributed by atoms with van der Waals surface area (Å²) in [6.07, 6.45) is 0. The third-order valence-corrected chi connectivity index (χ3v) is 4.01. The van der Waals surface area contributed by atoms with E-state index in [9.17, 15) is 0 Å². The van der Waals surface area contributed by atoms with Crippen LogP contribution in [-0.2, 0) is 23.5 Å². The third kappa shape index (κ3) is 19.4. The molecule has 10 nitrogen and oxygen atoms in total. The van der Waals surface area contributed by atoms with Gasteiger partial charge in [0.05, 0.1) is 13.1 Å². The van der Waals surface area contributed by atoms with Crippen molar-refractivity contribution in [3.8, 4) is 0 Å². The van der Waals surface area contributed by atoms with Crippen LogP contribution in [0, 0.1) is 7.14 Å². The predicted molar refractivity (Wildman–Crippen MR) is 128 cm³/mol. The number of nitrogens with zero attached hydrogens (tertiary/aromatic N) is 2. The molecule has 0 saturated carbocycles. The zero-order valence-corrected chi connectivity index (χ0v) is 20.2. The molecule has 160 valence electrons. The van der Waals surface area contributed by atoms with Gasteiger partial charge in [0, 0.05) is 17.5 Å². The van der Waals surface area contributed by atoms with Crippen LogP contribution in [0.4, 0.5) is 0 Å². The van der Waals surface area contributed by atoms with Crippen LogP contribution in [0.5, 0.6) is 0 Å². The number of nitrogens with two attached hydrogens (primary N) is 4. The molecule has 2 aromatic carbocycles. The van der Waals surface area contributed by atoms with Crippen LogP contribution in [0.2, 0.25) is 0 Å². The summed E-state index contributed by atoms with van der Waals surface area (Å²) in [5.74, 6) is 0.266. The predicted octanol–water partition coefficient (Wildman–Crippen LogP) is 0.791. The second-order valence-corrected chi connectivity index (χ2v) is 8.46. The number of benzene rings is 2. The van der Waals surface area contributed by atoms with Gasteiger partial charge in [-0.05, 0) is 80.6 Å². The summed E-state index contributed by atoms with van der Waals surface area (Å²) in [6, 6.07) is 16.1. The Hall–Kier alpha value is -1.69. The van der Waals surface area contributed by atoms with Gasteiger partial charge in [0.1, 0.15) is 0 Å². The number of hydrogen-bond donors (Lipinski definition) is 4. The molecule has 0 aliphatic carbocycles. The van der Waals surface area contributed by atoms with Crippen molar-refractivity contribution >= 4 is 67.5 Å². The van der Waals surface area contributed by atoms with Crippen LogP contribution in [0.15, 0.2) is 58.5 Å². The zero-order valence-electron chi connectivity index (χ0n) is 15.0. The second-order valence-electron chi connectivity index (χ2n) is 5.15. The standard InChI is InChI=1S/2C8H10IN3.H2O4S/c2*9-7-3-1-2-6(4-7)5-12-8(10)11;1-5(2,3)4/h2*1-4H,5H2,(H4,10,11,12);(H2,1,2,3,4)/p-2. The first-order valence-corrected chi connectivity index (χ1v) is 11.1. The highest BCUT2D eigenvalue weighted by Crippen LogP contribution is 2.09. The SMILES string of the molecule is NC(N)=NCc1cccc(I)c1.NC(N)=NCc1cccc(I)c1.O=S(=O)([O-])[O-]. The highest BCUT2D eigenvalue weighted by Gasteiger charge is 1.92. The number of aliphatic imine (C=N–C) groups is 2. The summed E-state index contributed by atoms with van der Waals surface area (Å²) in [4.78, 5) is 7.81. The number of guanidine groups is 2. The van der Waals surface area contributed by atoms with E-state index in [2.05, 4.69) is 55.2 Å². The molecule has 0 unspecified atom stereocenters. The van der Waals surface area contributed by atoms with Crippen molar-refractivity contribution in [3.05, 3.63) is 66.8 Å². The Bertz CT molecular complexity index is 861. The second kappa shape index (κ2) is 14.3. The van der Waals surface area contributed by atoms with Gasteiger partial charge >= 0.3 is 0 Å². The van der Waals surface area contributed by atoms with Crippen LogP contribution in [0.25, 0.3) is 0 Å². The van der Waals surface area contributed by atoms with E-state index < -0.39 is 10.4 Å². The van der Waals surface area contributed by atoms with E-state index in [4.69, 9.17) is 40.5 Å². The molecule has 0 atom stereocenters. The molecule has 0 aromatic heterocycles. The summed E-state index contributed by atoms with van der Waals surface area (Å²) in [6.45, 7) is 1.11. The van der Waals surface area contributed by atoms with Crippen molar-refractivity contribution in [2.75, 3.05) is 0 Å². The fourth-order valence-electron chi connectivity index (χ4n) is 1.64. The van der Waals surface area contributed by atoms with E-state index in [0.717, 1.165) is 11.1 Å². The highest BCUT2D eigenvalue weighted by molar-refractivity contribution is 14.1. The maximum atomic E-state index is 8.52. The Kier molecular flexibility index (Phi) is 13.5. The molecule has 0 amide bonds. The number of rotatable bonds is 4. The van der Waals surface area contributed by atoms with Gasteiger partial charge < -0.3 is 32.0 Å². The van der Waals surface area contributed by atoms with Crippen molar-refractivity contribution in [1.29, 1.82) is 0 Å². The Morgan fingerprint density at radius 1 is 0.793 bits per heavy atom. The molecule has 0 bridgehead atoms. The Labute approximate surface area is 196 Å². The number of halogens is 2. The highest BCUT2D eigenvalue weighted by atomic mass is 127. The van der Waals surface area contributed by atoms with E-state index >= 15 is 0 Å². The maximum Gasteiger partial charge on any atom is 0.186 e. The third-order valence-electron chi connectivity index (χ3n) is 2.67. The molecule has 8 N–H and O–H groups in total. The van der Waals surface area contributed by atoms with Crippen LogP contribution in [0.1, 0.15) is 11.1 Å². The van der Waals surface area contributed by atoms with Gasteiger partial charge in [0.2, 0.25) is 0 Å². The lowest BCUT2D eigenvalue weighted by Crippen LogP contribution is -2.22. The molecule has 13 heteroatoms. The fourth-order valence-corrected chi connectivity index (χ4v) is 2.85. The van der Waals surface area contributed by atoms with E-state index in [1.807, 2.05) is 48.5 Å². The molecular weight excluding hydrogens is 626 g/mol. The first kappa shape index (κ1) is 27.3. The molecule has 0 spiro atoms. The molecule has 0 aliphatic rings. The monoisotopic (exact) mass is 646 g/mol. The summed E-state index contributed by atoms with van der Waals surface area (Å²) in [5, 5.41) is 0. The Morgan fingerprint density at radius 3 is 1.34 bits per heavy atom. The van der Waals surface area contributed by atoms with Gasteiger partial charge in [-0.25, -0.2) is 9.98 Å². The first-order chi connectivity index (χ1) is 13.4. The topological polar surface area (TPSA) is 209 Å². The Balaban J connectivity index is 0.000000442. The summed E-state index contributed by atoms with van der Waals surface area (Å²) < 4.78 is 36.5. The minimum atomic E-state index is -5.17. The minimum absolute atomic E-state index is 0.133. The molecular formula is C16H20I2N6O4S-2. The number of hydrogen-bond acceptors (Lipinski definition) is 6. The molecule has 0 saturated heterocycles. The molecule has 0 fully saturated rings. The molecule has 2 rings (SSSR count). The largest absolute Gasteiger partial charge is 0.759 e. The van der Waals surface area contributed by atoms with Crippen molar-refractivity contribution in [2.45, 2.75) is 13.1 Å². The quantitative estimate of drug-likeness (QED) is 0.122. The molecule has 2 aromatic rings. The maximum absolute atomic E-state index is 8.52. The smallest absolute Gasteiger partial charge is 0.186 e. The van der Waals surface area contributed by atoms with Gasteiger partial charge in [0.15, 0.2) is 11.9 Å².